The Morgan fingerprint density at radius 3 is 1.04 bits per heavy atom. The number of ether oxygens (including phenoxy) is 4. The minimum Gasteiger partial charge on any atom is -0.512 e. The quantitative estimate of drug-likeness (QED) is 0.0733. The zero-order valence-corrected chi connectivity index (χ0v) is 81.8. The molecular formula is C107H98Ir4N5O10-5. The number of carbonyl (C=O) groups excluding carboxylic acids is 3. The summed E-state index contributed by atoms with van der Waals surface area (Å²) in [5.74, 6) is 7.65. The van der Waals surface area contributed by atoms with Crippen LogP contribution in [-0.4, -0.2) is 57.6 Å². The molecule has 4 aliphatic rings. The Balaban J connectivity index is 0.000000200. The minimum atomic E-state index is -0.417. The molecule has 0 amide bonds. The van der Waals surface area contributed by atoms with Gasteiger partial charge in [0.2, 0.25) is 0 Å². The summed E-state index contributed by atoms with van der Waals surface area (Å²) >= 11 is 0. The van der Waals surface area contributed by atoms with Crippen molar-refractivity contribution < 1.29 is 129 Å². The van der Waals surface area contributed by atoms with Gasteiger partial charge in [0.25, 0.3) is 0 Å². The van der Waals surface area contributed by atoms with E-state index in [1.54, 1.807) is 24.8 Å². The van der Waals surface area contributed by atoms with Gasteiger partial charge in [-0.25, -0.2) is 0 Å². The molecule has 3 N–H and O–H groups in total. The van der Waals surface area contributed by atoms with Crippen LogP contribution < -0.4 is 18.9 Å². The normalized spacial score (nSPS) is 11.4. The molecule has 4 radical (unpaired) electrons. The number of nitrogens with zero attached hydrogens (tertiary/aromatic N) is 5. The molecule has 19 heteroatoms. The second-order valence-corrected chi connectivity index (χ2v) is 31.7. The van der Waals surface area contributed by atoms with Crippen molar-refractivity contribution in [1.29, 1.82) is 0 Å². The van der Waals surface area contributed by atoms with Crippen molar-refractivity contribution in [3.8, 4) is 147 Å². The zero-order valence-electron chi connectivity index (χ0n) is 72.2. The summed E-state index contributed by atoms with van der Waals surface area (Å²) in [6.45, 7) is 24.0. The van der Waals surface area contributed by atoms with Gasteiger partial charge >= 0.3 is 0 Å². The molecule has 0 fully saturated rings. The van der Waals surface area contributed by atoms with Crippen LogP contribution in [0.5, 0.6) is 46.0 Å². The van der Waals surface area contributed by atoms with Crippen LogP contribution in [-0.2, 0) is 94.8 Å². The van der Waals surface area contributed by atoms with Gasteiger partial charge in [-0.05, 0) is 137 Å². The average Bonchev–Trinajstić information content (AvgIpc) is 1.66. The van der Waals surface area contributed by atoms with E-state index in [9.17, 15) is 24.6 Å². The fourth-order valence-corrected chi connectivity index (χ4v) is 12.8. The third-order valence-corrected chi connectivity index (χ3v) is 18.6. The number of allylic oxidation sites excluding steroid dienone is 6. The summed E-state index contributed by atoms with van der Waals surface area (Å²) < 4.78 is 24.1. The molecule has 9 aromatic carbocycles. The first-order valence-electron chi connectivity index (χ1n) is 40.3. The van der Waals surface area contributed by atoms with Gasteiger partial charge in [0.15, 0.2) is 17.3 Å². The standard InChI is InChI=1S/C18H12NO.3C17H10NO.C11H8N.2C11H20O2.C5H8O2.4Ir/c1-12-10-15-13-6-2-4-8-16(13)20-17-9-5-3-7-14(17)18(15)19-11-12;3*1-3-9-15-12(6-1)13-8-5-11-18-17(13)14-7-2-4-10-16(14)19-15;1-2-6-10(7-3-1)11-8-4-5-9-12-11;1-10(2,3)8(12)7-9(13)11(4,5)6;1-8(2)5-10(12)7-11(13)6-9(3)4;1-4(6)3-5(2)7;;;;/h2-6,8-11H,1H3;3*1-6,8-11H;1-6,8-9H;7,12H,1-6H3;7-9,12H,5-6H2,1-4H3;3,6H,1-2H3;;;;/q5*-1;;;;;;;. The Morgan fingerprint density at radius 2 is 0.706 bits per heavy atom. The van der Waals surface area contributed by atoms with E-state index in [2.05, 4.69) is 111 Å². The predicted molar refractivity (Wildman–Crippen MR) is 486 cm³/mol. The number of carbonyl (C=O) groups is 3. The molecule has 0 aliphatic carbocycles. The largest absolute Gasteiger partial charge is 0.512 e. The Labute approximate surface area is 794 Å². The minimum absolute atomic E-state index is 0. The van der Waals surface area contributed by atoms with E-state index >= 15 is 0 Å². The van der Waals surface area contributed by atoms with Crippen LogP contribution in [0.2, 0.25) is 0 Å². The van der Waals surface area contributed by atoms with Gasteiger partial charge in [-0.15, -0.1) is 133 Å². The number of ketones is 3. The number of aliphatic hydroxyl groups is 3. The van der Waals surface area contributed by atoms with E-state index in [0.717, 1.165) is 152 Å². The molecule has 126 heavy (non-hydrogen) atoms. The van der Waals surface area contributed by atoms with Crippen molar-refractivity contribution >= 4 is 17.3 Å². The first-order valence-corrected chi connectivity index (χ1v) is 40.3. The molecule has 0 atom stereocenters. The van der Waals surface area contributed by atoms with Gasteiger partial charge in [0, 0.05) is 199 Å². The van der Waals surface area contributed by atoms with Gasteiger partial charge in [-0.3, -0.25) is 14.4 Å². The Bertz CT molecular complexity index is 5510. The maximum Gasteiger partial charge on any atom is 0.164 e. The number of para-hydroxylation sites is 4. The number of rotatable bonds is 8. The molecule has 5 aromatic heterocycles. The van der Waals surface area contributed by atoms with E-state index in [1.807, 2.05) is 282 Å². The van der Waals surface area contributed by atoms with Crippen LogP contribution in [0, 0.1) is 59.9 Å². The van der Waals surface area contributed by atoms with E-state index in [-0.39, 0.29) is 120 Å². The summed E-state index contributed by atoms with van der Waals surface area (Å²) in [5, 5.41) is 27.3. The molecule has 9 heterocycles. The molecule has 15 nitrogen and oxygen atoms in total. The van der Waals surface area contributed by atoms with Gasteiger partial charge < -0.3 is 59.2 Å². The molecule has 652 valence electrons. The van der Waals surface area contributed by atoms with E-state index in [0.29, 0.717) is 24.7 Å². The number of hydrogen-bond donors (Lipinski definition) is 3. The van der Waals surface area contributed by atoms with Gasteiger partial charge in [-0.2, -0.15) is 0 Å². The molecule has 0 saturated heterocycles. The third kappa shape index (κ3) is 28.1. The monoisotopic (exact) mass is 2380 g/mol. The van der Waals surface area contributed by atoms with Crippen molar-refractivity contribution in [3.63, 3.8) is 0 Å². The molecule has 0 unspecified atom stereocenters. The van der Waals surface area contributed by atoms with Crippen molar-refractivity contribution in [2.75, 3.05) is 0 Å². The smallest absolute Gasteiger partial charge is 0.164 e. The predicted octanol–water partition coefficient (Wildman–Crippen LogP) is 27.3. The molecule has 14 aromatic rings. The van der Waals surface area contributed by atoms with Crippen LogP contribution in [0.4, 0.5) is 0 Å². The summed E-state index contributed by atoms with van der Waals surface area (Å²) in [5.41, 5.74) is 18.3. The fraction of sp³-hybridized carbons (Fsp3) is 0.178. The van der Waals surface area contributed by atoms with E-state index in [1.165, 1.54) is 32.1 Å². The van der Waals surface area contributed by atoms with Gasteiger partial charge in [-0.1, -0.05) is 201 Å². The van der Waals surface area contributed by atoms with Crippen molar-refractivity contribution in [2.45, 2.75) is 103 Å². The van der Waals surface area contributed by atoms with Gasteiger partial charge in [0.1, 0.15) is 28.8 Å². The summed E-state index contributed by atoms with van der Waals surface area (Å²) in [6, 6.07) is 99.2. The second kappa shape index (κ2) is 48.6. The van der Waals surface area contributed by atoms with Crippen molar-refractivity contribution in [3.05, 3.63) is 357 Å². The van der Waals surface area contributed by atoms with Crippen LogP contribution >= 0.6 is 0 Å². The van der Waals surface area contributed by atoms with Crippen LogP contribution in [0.1, 0.15) is 101 Å². The number of hydrogen-bond acceptors (Lipinski definition) is 15. The average molecular weight is 2380 g/mol. The number of aryl methyl sites for hydroxylation is 1. The van der Waals surface area contributed by atoms with E-state index in [4.69, 9.17) is 24.1 Å². The summed E-state index contributed by atoms with van der Waals surface area (Å²) in [7, 11) is 0. The number of fused-ring (bicyclic) bond motifs is 20. The van der Waals surface area contributed by atoms with Crippen LogP contribution in [0.3, 0.4) is 0 Å². The first-order chi connectivity index (χ1) is 58.7. The van der Waals surface area contributed by atoms with Crippen molar-refractivity contribution in [2.24, 2.45) is 22.7 Å². The molecule has 4 aliphatic heterocycles. The third-order valence-electron chi connectivity index (χ3n) is 18.6. The molecule has 0 saturated carbocycles. The van der Waals surface area contributed by atoms with Gasteiger partial charge in [0.05, 0.1) is 11.5 Å². The summed E-state index contributed by atoms with van der Waals surface area (Å²) in [4.78, 5) is 55.1. The maximum absolute atomic E-state index is 11.5. The topological polar surface area (TPSA) is 213 Å². The molecular weight excluding hydrogens is 2280 g/mol. The zero-order chi connectivity index (χ0) is 86.9. The SMILES string of the molecule is CC(=O)C=C(C)O.CC(C)(C)C(=O)C=C(O)C(C)(C)C.CC(C)CC(=O)C=C(O)CC(C)C.Cc1cnc2c(c1)-c1ccccc1Oc1ccc[c-]c1-2.[Ir].[Ir].[Ir].[Ir].[c-]1cccc2c1-c1ncccc1-c1ccccc1O2.[c-]1cccc2c1-c1ncccc1-c1ccccc1O2.[c-]1cccc2c1-c1ncccc1-c1ccccc1O2.[c-]1ccccc1-c1ccccn1. The molecule has 18 rings (SSSR count). The second-order valence-electron chi connectivity index (χ2n) is 31.7. The molecule has 0 bridgehead atoms. The van der Waals surface area contributed by atoms with E-state index < -0.39 is 5.41 Å². The fourth-order valence-electron chi connectivity index (χ4n) is 12.8. The number of aliphatic hydroxyl groups excluding tert-OH is 3. The number of pyridine rings is 5. The van der Waals surface area contributed by atoms with Crippen LogP contribution in [0.15, 0.2) is 321 Å². The number of benzene rings is 9. The number of aromatic nitrogens is 5. The molecule has 0 spiro atoms. The Hall–Kier alpha value is -11.8. The van der Waals surface area contributed by atoms with Crippen LogP contribution in [0.25, 0.3) is 101 Å². The first kappa shape index (κ1) is 101. The van der Waals surface area contributed by atoms with Crippen molar-refractivity contribution in [1.82, 2.24) is 24.9 Å². The summed E-state index contributed by atoms with van der Waals surface area (Å²) in [6.07, 6.45) is 14.0. The Kier molecular flexibility index (Phi) is 39.0. The Morgan fingerprint density at radius 1 is 0.365 bits per heavy atom. The maximum atomic E-state index is 11.5.